The zero-order valence-corrected chi connectivity index (χ0v) is 26.4. The molecule has 0 aromatic heterocycles. The van der Waals surface area contributed by atoms with Crippen molar-refractivity contribution in [3.05, 3.63) is 114 Å². The Hall–Kier alpha value is -5.42. The molecule has 0 fully saturated rings. The first-order chi connectivity index (χ1) is 22.2. The van der Waals surface area contributed by atoms with Gasteiger partial charge in [-0.1, -0.05) is 62.4 Å². The normalized spacial score (nSPS) is 13.3. The molecule has 0 unspecified atom stereocenters. The van der Waals surface area contributed by atoms with Crippen LogP contribution in [0.3, 0.4) is 0 Å². The van der Waals surface area contributed by atoms with Gasteiger partial charge in [0, 0.05) is 54.2 Å². The van der Waals surface area contributed by atoms with E-state index in [2.05, 4.69) is 20.7 Å². The first kappa shape index (κ1) is 32.0. The van der Waals surface area contributed by atoms with Crippen molar-refractivity contribution in [2.75, 3.05) is 33.3 Å². The van der Waals surface area contributed by atoms with Crippen molar-refractivity contribution < 1.29 is 22.8 Å². The molecule has 0 atom stereocenters. The van der Waals surface area contributed by atoms with Crippen LogP contribution in [0.4, 0.5) is 22.7 Å². The van der Waals surface area contributed by atoms with Crippen LogP contribution in [0.15, 0.2) is 108 Å². The van der Waals surface area contributed by atoms with Crippen molar-refractivity contribution in [1.82, 2.24) is 5.32 Å². The summed E-state index contributed by atoms with van der Waals surface area (Å²) in [7, 11) is -3.85. The molecule has 0 aliphatic carbocycles. The van der Waals surface area contributed by atoms with E-state index in [1.807, 2.05) is 54.6 Å². The highest BCUT2D eigenvalue weighted by Crippen LogP contribution is 2.39. The molecule has 3 amide bonds. The van der Waals surface area contributed by atoms with Gasteiger partial charge in [0.2, 0.25) is 11.8 Å². The number of carbonyl (C=O) groups excluding carboxylic acids is 3. The number of anilines is 4. The summed E-state index contributed by atoms with van der Waals surface area (Å²) in [5.41, 5.74) is 4.36. The molecule has 0 radical (unpaired) electrons. The van der Waals surface area contributed by atoms with Crippen LogP contribution in [-0.2, 0) is 24.4 Å². The van der Waals surface area contributed by atoms with Gasteiger partial charge in [0.05, 0.1) is 16.2 Å². The number of hydrogen-bond acceptors (Lipinski definition) is 6. The van der Waals surface area contributed by atoms with E-state index in [4.69, 9.17) is 0 Å². The zero-order chi connectivity index (χ0) is 32.7. The minimum Gasteiger partial charge on any atom is -0.354 e. The van der Waals surface area contributed by atoms with E-state index < -0.39 is 10.0 Å². The molecule has 236 valence electrons. The minimum absolute atomic E-state index is 0.0727. The maximum absolute atomic E-state index is 13.5. The molecule has 0 saturated heterocycles. The van der Waals surface area contributed by atoms with Gasteiger partial charge in [-0.05, 0) is 60.2 Å². The molecule has 11 heteroatoms. The Kier molecular flexibility index (Phi) is 9.82. The molecule has 1 aliphatic heterocycles. The Labute approximate surface area is 268 Å². The van der Waals surface area contributed by atoms with Crippen molar-refractivity contribution in [1.29, 1.82) is 0 Å². The fourth-order valence-electron chi connectivity index (χ4n) is 5.07. The van der Waals surface area contributed by atoms with Crippen LogP contribution in [0, 0.1) is 0 Å². The molecule has 1 aliphatic rings. The molecular formula is C35H35N5O5S. The SMILES string of the molecule is CCC(=O)NCCN(C(=O)CC)c1ccc(N/C(=C2\C(=O)Nc3ccc(NS(=O)(=O)c4ccccc4)cc32)c2ccccc2)cc1. The number of rotatable bonds is 12. The van der Waals surface area contributed by atoms with Gasteiger partial charge in [0.15, 0.2) is 0 Å². The maximum Gasteiger partial charge on any atom is 0.261 e. The second-order valence-electron chi connectivity index (χ2n) is 10.5. The van der Waals surface area contributed by atoms with Crippen LogP contribution in [0.25, 0.3) is 11.3 Å². The van der Waals surface area contributed by atoms with Gasteiger partial charge >= 0.3 is 0 Å². The first-order valence-electron chi connectivity index (χ1n) is 15.0. The highest BCUT2D eigenvalue weighted by molar-refractivity contribution is 7.92. The number of carbonyl (C=O) groups is 3. The van der Waals surface area contributed by atoms with Crippen LogP contribution in [0.5, 0.6) is 0 Å². The van der Waals surface area contributed by atoms with Crippen LogP contribution >= 0.6 is 0 Å². The third kappa shape index (κ3) is 7.27. The van der Waals surface area contributed by atoms with E-state index in [0.29, 0.717) is 65.5 Å². The minimum atomic E-state index is -3.85. The molecule has 4 aromatic carbocycles. The van der Waals surface area contributed by atoms with E-state index in [9.17, 15) is 22.8 Å². The van der Waals surface area contributed by atoms with E-state index in [-0.39, 0.29) is 22.6 Å². The second kappa shape index (κ2) is 14.1. The molecule has 0 saturated carbocycles. The quantitative estimate of drug-likeness (QED) is 0.147. The third-order valence-electron chi connectivity index (χ3n) is 7.41. The Morgan fingerprint density at radius 3 is 2.11 bits per heavy atom. The Bertz CT molecular complexity index is 1880. The largest absolute Gasteiger partial charge is 0.354 e. The number of benzene rings is 4. The van der Waals surface area contributed by atoms with Crippen molar-refractivity contribution in [3.63, 3.8) is 0 Å². The van der Waals surface area contributed by atoms with Crippen molar-refractivity contribution in [2.24, 2.45) is 0 Å². The number of amides is 3. The number of nitrogens with zero attached hydrogens (tertiary/aromatic N) is 1. The predicted octanol–water partition coefficient (Wildman–Crippen LogP) is 5.69. The lowest BCUT2D eigenvalue weighted by Gasteiger charge is -2.23. The summed E-state index contributed by atoms with van der Waals surface area (Å²) in [6, 6.07) is 29.6. The highest BCUT2D eigenvalue weighted by atomic mass is 32.2. The number of sulfonamides is 1. The lowest BCUT2D eigenvalue weighted by atomic mass is 9.99. The van der Waals surface area contributed by atoms with Gasteiger partial charge in [-0.25, -0.2) is 8.42 Å². The Balaban J connectivity index is 1.48. The molecule has 1 heterocycles. The maximum atomic E-state index is 13.5. The predicted molar refractivity (Wildman–Crippen MR) is 182 cm³/mol. The molecule has 46 heavy (non-hydrogen) atoms. The van der Waals surface area contributed by atoms with Crippen LogP contribution < -0.4 is 25.6 Å². The molecule has 4 aromatic rings. The van der Waals surface area contributed by atoms with Crippen molar-refractivity contribution in [2.45, 2.75) is 31.6 Å². The number of nitrogens with one attached hydrogen (secondary N) is 4. The lowest BCUT2D eigenvalue weighted by Crippen LogP contribution is -2.38. The van der Waals surface area contributed by atoms with Gasteiger partial charge < -0.3 is 20.9 Å². The van der Waals surface area contributed by atoms with Gasteiger partial charge in [0.1, 0.15) is 0 Å². The Morgan fingerprint density at radius 1 is 0.804 bits per heavy atom. The fraction of sp³-hybridized carbons (Fsp3) is 0.171. The van der Waals surface area contributed by atoms with E-state index in [1.165, 1.54) is 12.1 Å². The van der Waals surface area contributed by atoms with Gasteiger partial charge in [0.25, 0.3) is 15.9 Å². The van der Waals surface area contributed by atoms with Gasteiger partial charge in [-0.2, -0.15) is 0 Å². The second-order valence-corrected chi connectivity index (χ2v) is 12.2. The standard InChI is InChI=1S/C35H35N5O5S/c1-3-31(41)36-21-22-40(32(42)4-2)27-18-15-25(16-19-27)37-34(24-11-7-5-8-12-24)33-29-23-26(17-20-30(29)38-35(33)43)39-46(44,45)28-13-9-6-10-14-28/h5-20,23,37,39H,3-4,21-22H2,1-2H3,(H,36,41)(H,38,43)/b34-33-. The monoisotopic (exact) mass is 637 g/mol. The smallest absolute Gasteiger partial charge is 0.261 e. The van der Waals surface area contributed by atoms with Crippen molar-refractivity contribution >= 4 is 61.8 Å². The Morgan fingerprint density at radius 2 is 1.46 bits per heavy atom. The van der Waals surface area contributed by atoms with Crippen LogP contribution in [0.2, 0.25) is 0 Å². The molecule has 10 nitrogen and oxygen atoms in total. The molecule has 4 N–H and O–H groups in total. The summed E-state index contributed by atoms with van der Waals surface area (Å²) in [5, 5.41) is 9.10. The van der Waals surface area contributed by atoms with Gasteiger partial charge in [-0.15, -0.1) is 0 Å². The van der Waals surface area contributed by atoms with Crippen LogP contribution in [0.1, 0.15) is 37.8 Å². The van der Waals surface area contributed by atoms with E-state index in [1.54, 1.807) is 55.1 Å². The van der Waals surface area contributed by atoms with E-state index in [0.717, 1.165) is 5.56 Å². The number of hydrogen-bond donors (Lipinski definition) is 4. The fourth-order valence-corrected chi connectivity index (χ4v) is 6.14. The number of fused-ring (bicyclic) bond motifs is 1. The summed E-state index contributed by atoms with van der Waals surface area (Å²) in [5.74, 6) is -0.491. The zero-order valence-electron chi connectivity index (χ0n) is 25.5. The molecule has 0 bridgehead atoms. The first-order valence-corrected chi connectivity index (χ1v) is 16.5. The topological polar surface area (TPSA) is 137 Å². The third-order valence-corrected chi connectivity index (χ3v) is 8.81. The summed E-state index contributed by atoms with van der Waals surface area (Å²) < 4.78 is 28.7. The summed E-state index contributed by atoms with van der Waals surface area (Å²) >= 11 is 0. The summed E-state index contributed by atoms with van der Waals surface area (Å²) in [6.07, 6.45) is 0.679. The average molecular weight is 638 g/mol. The molecule has 0 spiro atoms. The molecule has 5 rings (SSSR count). The van der Waals surface area contributed by atoms with Gasteiger partial charge in [-0.3, -0.25) is 19.1 Å². The summed E-state index contributed by atoms with van der Waals surface area (Å²) in [4.78, 5) is 39.6. The highest BCUT2D eigenvalue weighted by Gasteiger charge is 2.29. The van der Waals surface area contributed by atoms with E-state index >= 15 is 0 Å². The lowest BCUT2D eigenvalue weighted by molar-refractivity contribution is -0.121. The van der Waals surface area contributed by atoms with Crippen LogP contribution in [-0.4, -0.2) is 39.2 Å². The average Bonchev–Trinajstić information content (AvgIpc) is 3.40. The van der Waals surface area contributed by atoms with Crippen molar-refractivity contribution in [3.8, 4) is 0 Å². The summed E-state index contributed by atoms with van der Waals surface area (Å²) in [6.45, 7) is 4.23. The molecular weight excluding hydrogens is 602 g/mol.